The number of pyridine rings is 1. The molecule has 1 aromatic carbocycles. The van der Waals surface area contributed by atoms with Crippen LogP contribution in [0.1, 0.15) is 36.7 Å². The van der Waals surface area contributed by atoms with Crippen LogP contribution < -0.4 is 10.9 Å². The van der Waals surface area contributed by atoms with E-state index in [1.54, 1.807) is 6.07 Å². The van der Waals surface area contributed by atoms with Crippen LogP contribution in [0.5, 0.6) is 0 Å². The number of benzene rings is 1. The van der Waals surface area contributed by atoms with Crippen LogP contribution >= 0.6 is 15.9 Å². The highest BCUT2D eigenvalue weighted by Crippen LogP contribution is 2.24. The van der Waals surface area contributed by atoms with Gasteiger partial charge in [-0.1, -0.05) is 35.8 Å². The Morgan fingerprint density at radius 2 is 1.93 bits per heavy atom. The summed E-state index contributed by atoms with van der Waals surface area (Å²) in [6.07, 6.45) is 0. The quantitative estimate of drug-likeness (QED) is 0.682. The third kappa shape index (κ3) is 4.08. The summed E-state index contributed by atoms with van der Waals surface area (Å²) in [6.45, 7) is 7.59. The average molecular weight is 429 g/mol. The summed E-state index contributed by atoms with van der Waals surface area (Å²) in [4.78, 5) is 29.7. The van der Waals surface area contributed by atoms with Crippen molar-refractivity contribution in [3.63, 3.8) is 0 Å². The maximum absolute atomic E-state index is 12.8. The van der Waals surface area contributed by atoms with Gasteiger partial charge in [0.15, 0.2) is 0 Å². The van der Waals surface area contributed by atoms with Gasteiger partial charge in [-0.25, -0.2) is 9.67 Å². The molecule has 3 aromatic rings. The molecule has 0 saturated carbocycles. The summed E-state index contributed by atoms with van der Waals surface area (Å²) < 4.78 is 2.11. The van der Waals surface area contributed by atoms with Crippen molar-refractivity contribution in [3.05, 3.63) is 62.1 Å². The number of hydrogen-bond donors (Lipinski definition) is 1. The molecule has 2 aromatic heterocycles. The molecule has 0 atom stereocenters. The Kier molecular flexibility index (Phi) is 5.41. The number of amides is 1. The number of fused-ring (bicyclic) bond motifs is 1. The minimum atomic E-state index is -0.336. The molecule has 1 N–H and O–H groups in total. The van der Waals surface area contributed by atoms with Crippen LogP contribution in [-0.4, -0.2) is 20.7 Å². The molecule has 2 heterocycles. The largest absolute Gasteiger partial charge is 0.309 e. The van der Waals surface area contributed by atoms with Gasteiger partial charge in [-0.05, 0) is 49.6 Å². The molecule has 0 saturated heterocycles. The zero-order valence-corrected chi connectivity index (χ0v) is 17.3. The molecule has 6 nitrogen and oxygen atoms in total. The van der Waals surface area contributed by atoms with E-state index in [0.717, 1.165) is 26.8 Å². The van der Waals surface area contributed by atoms with E-state index in [-0.39, 0.29) is 23.9 Å². The van der Waals surface area contributed by atoms with E-state index >= 15 is 0 Å². The van der Waals surface area contributed by atoms with E-state index in [0.29, 0.717) is 11.2 Å². The first-order valence-corrected chi connectivity index (χ1v) is 9.50. The van der Waals surface area contributed by atoms with Gasteiger partial charge in [-0.2, -0.15) is 5.10 Å². The number of aromatic nitrogens is 3. The molecule has 0 aliphatic carbocycles. The van der Waals surface area contributed by atoms with Crippen LogP contribution in [0.15, 0.2) is 39.6 Å². The highest BCUT2D eigenvalue weighted by molar-refractivity contribution is 9.10. The second-order valence-corrected chi connectivity index (χ2v) is 7.77. The molecule has 140 valence electrons. The van der Waals surface area contributed by atoms with Crippen molar-refractivity contribution in [1.29, 1.82) is 0 Å². The van der Waals surface area contributed by atoms with Gasteiger partial charge in [0.1, 0.15) is 12.4 Å². The van der Waals surface area contributed by atoms with Crippen LogP contribution in [0.3, 0.4) is 0 Å². The van der Waals surface area contributed by atoms with E-state index in [4.69, 9.17) is 0 Å². The summed E-state index contributed by atoms with van der Waals surface area (Å²) in [5.41, 5.74) is 2.17. The van der Waals surface area contributed by atoms with Crippen molar-refractivity contribution in [2.75, 3.05) is 5.32 Å². The first kappa shape index (κ1) is 19.2. The predicted octanol–water partition coefficient (Wildman–Crippen LogP) is 3.93. The first-order valence-electron chi connectivity index (χ1n) is 8.70. The molecule has 1 amide bonds. The Balaban J connectivity index is 1.98. The van der Waals surface area contributed by atoms with Gasteiger partial charge < -0.3 is 5.32 Å². The number of carbonyl (C=O) groups excluding carboxylic acids is 1. The van der Waals surface area contributed by atoms with E-state index in [9.17, 15) is 9.59 Å². The van der Waals surface area contributed by atoms with Gasteiger partial charge in [-0.15, -0.1) is 0 Å². The van der Waals surface area contributed by atoms with Crippen molar-refractivity contribution in [3.8, 4) is 0 Å². The molecule has 0 bridgehead atoms. The predicted molar refractivity (Wildman–Crippen MR) is 110 cm³/mol. The summed E-state index contributed by atoms with van der Waals surface area (Å²) in [6, 6.07) is 9.25. The lowest BCUT2D eigenvalue weighted by Gasteiger charge is -2.14. The highest BCUT2D eigenvalue weighted by Gasteiger charge is 2.16. The van der Waals surface area contributed by atoms with Gasteiger partial charge in [0.2, 0.25) is 5.91 Å². The Bertz CT molecular complexity index is 1090. The molecule has 0 spiro atoms. The van der Waals surface area contributed by atoms with Crippen molar-refractivity contribution >= 4 is 38.4 Å². The molecule has 0 radical (unpaired) electrons. The van der Waals surface area contributed by atoms with Crippen LogP contribution in [0.25, 0.3) is 10.8 Å². The van der Waals surface area contributed by atoms with E-state index < -0.39 is 0 Å². The topological polar surface area (TPSA) is 76.9 Å². The van der Waals surface area contributed by atoms with Gasteiger partial charge in [0, 0.05) is 15.6 Å². The third-order valence-corrected chi connectivity index (χ3v) is 4.78. The van der Waals surface area contributed by atoms with Crippen molar-refractivity contribution in [2.24, 2.45) is 0 Å². The Morgan fingerprint density at radius 1 is 1.19 bits per heavy atom. The summed E-state index contributed by atoms with van der Waals surface area (Å²) in [7, 11) is 0. The maximum atomic E-state index is 12.8. The molecule has 0 aliphatic rings. The van der Waals surface area contributed by atoms with Crippen molar-refractivity contribution in [2.45, 2.75) is 40.2 Å². The molecule has 7 heteroatoms. The standard InChI is InChI=1S/C20H21BrN4O2/c1-11(2)18-16-9-14(21)7-8-15(16)20(27)25(24-18)10-17(26)23-19-12(3)5-6-13(4)22-19/h5-9,11H,10H2,1-4H3,(H,22,23,26). The fourth-order valence-corrected chi connectivity index (χ4v) is 3.24. The van der Waals surface area contributed by atoms with Crippen LogP contribution in [-0.2, 0) is 11.3 Å². The summed E-state index contributed by atoms with van der Waals surface area (Å²) in [5, 5.41) is 8.59. The molecule has 3 rings (SSSR count). The minimum Gasteiger partial charge on any atom is -0.309 e. The monoisotopic (exact) mass is 428 g/mol. The zero-order chi connectivity index (χ0) is 19.7. The fraction of sp³-hybridized carbons (Fsp3) is 0.300. The van der Waals surface area contributed by atoms with Gasteiger partial charge in [0.25, 0.3) is 5.56 Å². The number of nitrogens with one attached hydrogen (secondary N) is 1. The number of nitrogens with zero attached hydrogens (tertiary/aromatic N) is 3. The second-order valence-electron chi connectivity index (χ2n) is 6.86. The first-order chi connectivity index (χ1) is 12.8. The minimum absolute atomic E-state index is 0.109. The smallest absolute Gasteiger partial charge is 0.275 e. The lowest BCUT2D eigenvalue weighted by molar-refractivity contribution is -0.117. The SMILES string of the molecule is Cc1ccc(C)c(NC(=O)Cn2nc(C(C)C)c3cc(Br)ccc3c2=O)n1. The summed E-state index contributed by atoms with van der Waals surface area (Å²) in [5.74, 6) is 0.274. The van der Waals surface area contributed by atoms with Gasteiger partial charge in [0.05, 0.1) is 11.1 Å². The molecule has 0 fully saturated rings. The third-order valence-electron chi connectivity index (χ3n) is 4.29. The molecular formula is C20H21BrN4O2. The number of anilines is 1. The van der Waals surface area contributed by atoms with Crippen molar-refractivity contribution < 1.29 is 4.79 Å². The molecule has 0 unspecified atom stereocenters. The lowest BCUT2D eigenvalue weighted by atomic mass is 10.0. The number of carbonyl (C=O) groups is 1. The highest BCUT2D eigenvalue weighted by atomic mass is 79.9. The van der Waals surface area contributed by atoms with E-state index in [1.807, 2.05) is 52.0 Å². The number of rotatable bonds is 4. The van der Waals surface area contributed by atoms with E-state index in [2.05, 4.69) is 31.3 Å². The normalized spacial score (nSPS) is 11.2. The van der Waals surface area contributed by atoms with Crippen molar-refractivity contribution in [1.82, 2.24) is 14.8 Å². The molecule has 27 heavy (non-hydrogen) atoms. The Morgan fingerprint density at radius 3 is 2.63 bits per heavy atom. The second kappa shape index (κ2) is 7.60. The fourth-order valence-electron chi connectivity index (χ4n) is 2.88. The van der Waals surface area contributed by atoms with Crippen LogP contribution in [0.2, 0.25) is 0 Å². The zero-order valence-electron chi connectivity index (χ0n) is 15.7. The Labute approximate surface area is 165 Å². The maximum Gasteiger partial charge on any atom is 0.275 e. The van der Waals surface area contributed by atoms with Crippen LogP contribution in [0, 0.1) is 13.8 Å². The average Bonchev–Trinajstić information content (AvgIpc) is 2.60. The van der Waals surface area contributed by atoms with Gasteiger partial charge in [-0.3, -0.25) is 9.59 Å². The molecular weight excluding hydrogens is 408 g/mol. The van der Waals surface area contributed by atoms with E-state index in [1.165, 1.54) is 4.68 Å². The number of hydrogen-bond acceptors (Lipinski definition) is 4. The van der Waals surface area contributed by atoms with Gasteiger partial charge >= 0.3 is 0 Å². The molecule has 0 aliphatic heterocycles. The number of aryl methyl sites for hydroxylation is 2. The number of halogens is 1. The lowest BCUT2D eigenvalue weighted by Crippen LogP contribution is -2.31. The Hall–Kier alpha value is -2.54. The summed E-state index contributed by atoms with van der Waals surface area (Å²) >= 11 is 3.44. The van der Waals surface area contributed by atoms with Crippen LogP contribution in [0.4, 0.5) is 5.82 Å².